The number of anilines is 8. The molecule has 2 aromatic carbocycles. The van der Waals surface area contributed by atoms with Crippen molar-refractivity contribution in [3.63, 3.8) is 0 Å². The van der Waals surface area contributed by atoms with Gasteiger partial charge in [0.2, 0.25) is 10.0 Å². The van der Waals surface area contributed by atoms with E-state index in [0.29, 0.717) is 86.1 Å². The Kier molecular flexibility index (Phi) is 14.4. The summed E-state index contributed by atoms with van der Waals surface area (Å²) in [5.74, 6) is -1.42. The van der Waals surface area contributed by atoms with E-state index in [-0.39, 0.29) is 22.3 Å². The van der Waals surface area contributed by atoms with Crippen molar-refractivity contribution in [1.82, 2.24) is 29.6 Å². The first-order valence-electron chi connectivity index (χ1n) is 23.5. The molecule has 0 radical (unpaired) electrons. The third-order valence-electron chi connectivity index (χ3n) is 13.1. The molecule has 21 heteroatoms. The van der Waals surface area contributed by atoms with Crippen LogP contribution in [0.4, 0.5) is 63.3 Å². The Hall–Kier alpha value is -6.13. The monoisotopic (exact) mass is 986 g/mol. The summed E-state index contributed by atoms with van der Waals surface area (Å²) in [6, 6.07) is 8.22. The number of fused-ring (bicyclic) bond motifs is 2. The van der Waals surface area contributed by atoms with Gasteiger partial charge in [-0.2, -0.15) is 4.31 Å². The van der Waals surface area contributed by atoms with Crippen LogP contribution in [0.5, 0.6) is 0 Å². The highest BCUT2D eigenvalue weighted by atomic mass is 32.2. The molecule has 70 heavy (non-hydrogen) atoms. The minimum Gasteiger partial charge on any atom is -0.378 e. The van der Waals surface area contributed by atoms with Gasteiger partial charge >= 0.3 is 0 Å². The molecule has 0 aliphatic carbocycles. The maximum absolute atomic E-state index is 15.1. The highest BCUT2D eigenvalue weighted by molar-refractivity contribution is 7.88. The fourth-order valence-corrected chi connectivity index (χ4v) is 10.9. The average Bonchev–Trinajstić information content (AvgIpc) is 3.33. The van der Waals surface area contributed by atoms with E-state index in [0.717, 1.165) is 86.4 Å². The van der Waals surface area contributed by atoms with Crippen molar-refractivity contribution < 1.29 is 35.5 Å². The number of hydrogen-bond donors (Lipinski definition) is 3. The van der Waals surface area contributed by atoms with E-state index in [1.165, 1.54) is 22.7 Å². The van der Waals surface area contributed by atoms with Crippen molar-refractivity contribution in [2.75, 3.05) is 128 Å². The average molecular weight is 987 g/mol. The number of sulfonamides is 1. The lowest BCUT2D eigenvalue weighted by Gasteiger charge is -2.39. The predicted molar refractivity (Wildman–Crippen MR) is 267 cm³/mol. The molecule has 10 rings (SSSR count). The first-order chi connectivity index (χ1) is 33.6. The molecule has 2 atom stereocenters. The Balaban J connectivity index is 0.000000175. The molecule has 4 aliphatic rings. The van der Waals surface area contributed by atoms with Crippen LogP contribution in [0.1, 0.15) is 25.0 Å². The zero-order valence-corrected chi connectivity index (χ0v) is 40.7. The Morgan fingerprint density at radius 3 is 1.53 bits per heavy atom. The molecule has 4 aliphatic heterocycles. The number of piperazine rings is 2. The van der Waals surface area contributed by atoms with Gasteiger partial charge in [-0.3, -0.25) is 9.97 Å². The van der Waals surface area contributed by atoms with Crippen molar-refractivity contribution in [2.24, 2.45) is 0 Å². The maximum Gasteiger partial charge on any atom is 0.211 e. The molecule has 0 spiro atoms. The van der Waals surface area contributed by atoms with Crippen LogP contribution in [-0.2, 0) is 19.5 Å². The molecule has 0 amide bonds. The molecule has 0 unspecified atom stereocenters. The molecular weight excluding hydrogens is 929 g/mol. The Bertz CT molecular complexity index is 3000. The summed E-state index contributed by atoms with van der Waals surface area (Å²) < 4.78 is 95.1. The lowest BCUT2D eigenvalue weighted by Crippen LogP contribution is -2.54. The SMILES string of the molecule is Cc1c(N2CCN(S(C)(=O)=O)[C@@H](C)C2)nc2cc(F)cc(F)c2c1Nc1cncc(N2CCOCC2)c1.Cc1c(N2CCN[C@@H](C)C2)nc2cc(F)cc(F)c2c1Nc1cncc(N2CCOCC2)c1. The zero-order chi connectivity index (χ0) is 49.3. The minimum atomic E-state index is -3.34. The highest BCUT2D eigenvalue weighted by Gasteiger charge is 2.32. The largest absolute Gasteiger partial charge is 0.378 e. The summed E-state index contributed by atoms with van der Waals surface area (Å²) >= 11 is 0. The number of hydrogen-bond acceptors (Lipinski definition) is 15. The topological polar surface area (TPSA) is 156 Å². The summed E-state index contributed by atoms with van der Waals surface area (Å²) in [4.78, 5) is 26.6. The summed E-state index contributed by atoms with van der Waals surface area (Å²) in [5, 5.41) is 10.6. The second-order valence-corrected chi connectivity index (χ2v) is 20.2. The Labute approximate surface area is 405 Å². The molecule has 4 fully saturated rings. The molecule has 4 aromatic heterocycles. The number of halogens is 4. The van der Waals surface area contributed by atoms with Crippen molar-refractivity contribution in [3.05, 3.63) is 95.6 Å². The van der Waals surface area contributed by atoms with Crippen LogP contribution >= 0.6 is 0 Å². The van der Waals surface area contributed by atoms with Gasteiger partial charge in [-0.1, -0.05) is 0 Å². The second-order valence-electron chi connectivity index (χ2n) is 18.2. The van der Waals surface area contributed by atoms with E-state index in [9.17, 15) is 17.2 Å². The molecule has 16 nitrogen and oxygen atoms in total. The fraction of sp³-hybridized carbons (Fsp3) is 0.429. The Morgan fingerprint density at radius 2 is 1.09 bits per heavy atom. The van der Waals surface area contributed by atoms with E-state index in [1.54, 1.807) is 18.6 Å². The van der Waals surface area contributed by atoms with Crippen LogP contribution in [0.25, 0.3) is 21.8 Å². The van der Waals surface area contributed by atoms with Gasteiger partial charge in [0.05, 0.1) is 113 Å². The number of pyridine rings is 4. The van der Waals surface area contributed by atoms with E-state index in [1.807, 2.05) is 44.0 Å². The van der Waals surface area contributed by atoms with Gasteiger partial charge in [-0.05, 0) is 39.8 Å². The van der Waals surface area contributed by atoms with Gasteiger partial charge < -0.3 is 45.0 Å². The molecule has 3 N–H and O–H groups in total. The van der Waals surface area contributed by atoms with Crippen LogP contribution in [0.3, 0.4) is 0 Å². The highest BCUT2D eigenvalue weighted by Crippen LogP contribution is 2.39. The van der Waals surface area contributed by atoms with Gasteiger partial charge in [0, 0.05) is 113 Å². The molecule has 6 aromatic rings. The standard InChI is InChI=1S/C25H30F2N6O3S.C24H28F2N6O/c1-16-15-32(4-5-33(16)37(3,34)35)25-17(2)24(23-21(27)10-18(26)11-22(23)30-25)29-19-12-20(14-28-13-19)31-6-8-36-9-7-31;1-15-14-32(4-3-28-15)24-16(2)23(22-20(26)9-17(25)10-21(22)30-24)29-18-11-19(13-27-12-18)31-5-7-33-8-6-31/h10-14,16H,4-9,15H2,1-3H3,(H,29,30);9-13,15,28H,3-8,14H2,1-2H3,(H,29,30)/t16-;15-/m00/s1. The van der Waals surface area contributed by atoms with Crippen LogP contribution in [0.2, 0.25) is 0 Å². The van der Waals surface area contributed by atoms with Crippen molar-refractivity contribution in [1.29, 1.82) is 0 Å². The van der Waals surface area contributed by atoms with E-state index in [4.69, 9.17) is 9.47 Å². The fourth-order valence-electron chi connectivity index (χ4n) is 9.73. The summed E-state index contributed by atoms with van der Waals surface area (Å²) in [7, 11) is -3.34. The normalized spacial score (nSPS) is 19.3. The quantitative estimate of drug-likeness (QED) is 0.129. The van der Waals surface area contributed by atoms with Gasteiger partial charge in [0.15, 0.2) is 0 Å². The molecule has 8 heterocycles. The molecular formula is C49H58F4N12O4S. The zero-order valence-electron chi connectivity index (χ0n) is 39.9. The van der Waals surface area contributed by atoms with Gasteiger partial charge in [0.1, 0.15) is 34.9 Å². The van der Waals surface area contributed by atoms with Gasteiger partial charge in [-0.15, -0.1) is 0 Å². The summed E-state index contributed by atoms with van der Waals surface area (Å²) in [5.41, 5.74) is 6.30. The second kappa shape index (κ2) is 20.7. The van der Waals surface area contributed by atoms with Crippen LogP contribution < -0.4 is 35.6 Å². The van der Waals surface area contributed by atoms with Crippen molar-refractivity contribution >= 4 is 77.6 Å². The first-order valence-corrected chi connectivity index (χ1v) is 25.3. The van der Waals surface area contributed by atoms with E-state index in [2.05, 4.69) is 57.5 Å². The maximum atomic E-state index is 15.1. The lowest BCUT2D eigenvalue weighted by atomic mass is 10.1. The minimum absolute atomic E-state index is 0.177. The van der Waals surface area contributed by atoms with Crippen molar-refractivity contribution in [3.8, 4) is 0 Å². The molecule has 372 valence electrons. The molecule has 0 bridgehead atoms. The number of benzene rings is 2. The van der Waals surface area contributed by atoms with E-state index >= 15 is 8.78 Å². The van der Waals surface area contributed by atoms with Crippen LogP contribution in [-0.4, -0.2) is 143 Å². The number of ether oxygens (including phenoxy) is 2. The number of nitrogens with zero attached hydrogens (tertiary/aromatic N) is 9. The van der Waals surface area contributed by atoms with E-state index < -0.39 is 33.3 Å². The first kappa shape index (κ1) is 48.9. The third-order valence-corrected chi connectivity index (χ3v) is 14.5. The van der Waals surface area contributed by atoms with Gasteiger partial charge in [0.25, 0.3) is 0 Å². The summed E-state index contributed by atoms with van der Waals surface area (Å²) in [6.07, 6.45) is 8.16. The summed E-state index contributed by atoms with van der Waals surface area (Å²) in [6.45, 7) is 16.9. The van der Waals surface area contributed by atoms with Gasteiger partial charge in [-0.25, -0.2) is 35.9 Å². The van der Waals surface area contributed by atoms with Crippen LogP contribution in [0, 0.1) is 37.1 Å². The predicted octanol–water partition coefficient (Wildman–Crippen LogP) is 6.86. The van der Waals surface area contributed by atoms with Crippen molar-refractivity contribution in [2.45, 2.75) is 39.8 Å². The number of morpholine rings is 2. The number of aromatic nitrogens is 4. The Morgan fingerprint density at radius 1 is 0.614 bits per heavy atom. The third kappa shape index (κ3) is 10.6. The molecule has 0 saturated carbocycles. The number of nitrogens with one attached hydrogen (secondary N) is 3. The number of rotatable bonds is 9. The lowest BCUT2D eigenvalue weighted by molar-refractivity contribution is 0.122. The molecule has 4 saturated heterocycles. The van der Waals surface area contributed by atoms with Crippen LogP contribution in [0.15, 0.2) is 61.2 Å². The smallest absolute Gasteiger partial charge is 0.211 e.